The van der Waals surface area contributed by atoms with Gasteiger partial charge in [-0.25, -0.2) is 4.79 Å². The Morgan fingerprint density at radius 1 is 1.11 bits per heavy atom. The quantitative estimate of drug-likeness (QED) is 0.384. The summed E-state index contributed by atoms with van der Waals surface area (Å²) in [6, 6.07) is 15.3. The van der Waals surface area contributed by atoms with E-state index in [0.717, 1.165) is 60.6 Å². The molecule has 1 amide bonds. The van der Waals surface area contributed by atoms with Gasteiger partial charge in [-0.3, -0.25) is 9.80 Å². The van der Waals surface area contributed by atoms with Gasteiger partial charge in [0.05, 0.1) is 0 Å². The van der Waals surface area contributed by atoms with Gasteiger partial charge < -0.3 is 19.5 Å². The van der Waals surface area contributed by atoms with Crippen LogP contribution in [0.25, 0.3) is 0 Å². The Labute approximate surface area is 227 Å². The van der Waals surface area contributed by atoms with Crippen molar-refractivity contribution in [1.29, 1.82) is 0 Å². The van der Waals surface area contributed by atoms with E-state index in [1.165, 1.54) is 0 Å². The van der Waals surface area contributed by atoms with Gasteiger partial charge in [-0.1, -0.05) is 54.1 Å². The van der Waals surface area contributed by atoms with Crippen molar-refractivity contribution < 1.29 is 19.4 Å². The molecule has 3 rings (SSSR count). The first-order valence-corrected chi connectivity index (χ1v) is 13.2. The SMILES string of the molecule is CN(CCCN1CCN(C(=O)OC(C)(C)C)CC1)C(O)c1ccccc1CC=O.Cc1ccccc1Cl. The molecule has 1 unspecified atom stereocenters. The first kappa shape index (κ1) is 30.8. The van der Waals surface area contributed by atoms with Crippen LogP contribution in [0.5, 0.6) is 0 Å². The van der Waals surface area contributed by atoms with E-state index in [0.29, 0.717) is 19.5 Å². The average molecular weight is 532 g/mol. The molecule has 0 saturated carbocycles. The van der Waals surface area contributed by atoms with Gasteiger partial charge in [0.1, 0.15) is 18.1 Å². The van der Waals surface area contributed by atoms with Gasteiger partial charge in [-0.2, -0.15) is 0 Å². The molecule has 204 valence electrons. The van der Waals surface area contributed by atoms with Gasteiger partial charge >= 0.3 is 6.09 Å². The normalized spacial score (nSPS) is 15.1. The number of aldehydes is 1. The number of nitrogens with zero attached hydrogens (tertiary/aromatic N) is 3. The molecule has 1 fully saturated rings. The lowest BCUT2D eigenvalue weighted by Gasteiger charge is -2.36. The standard InChI is InChI=1S/C22H35N3O4.C7H7Cl/c1-22(2,3)29-21(28)25-15-13-24(14-16-25)12-7-11-23(4)20(27)19-9-6-5-8-18(19)10-17-26;1-6-4-2-3-5-7(6)8/h5-6,8-9,17,20,27H,7,10-16H2,1-4H3;2-5H,1H3. The van der Waals surface area contributed by atoms with Crippen molar-refractivity contribution in [3.63, 3.8) is 0 Å². The number of carbonyl (C=O) groups excluding carboxylic acids is 2. The number of rotatable bonds is 8. The van der Waals surface area contributed by atoms with Gasteiger partial charge in [0.2, 0.25) is 0 Å². The first-order chi connectivity index (χ1) is 17.5. The van der Waals surface area contributed by atoms with Crippen LogP contribution in [0.2, 0.25) is 5.02 Å². The summed E-state index contributed by atoms with van der Waals surface area (Å²) in [5.74, 6) is 0. The molecular formula is C29H42ClN3O4. The molecule has 37 heavy (non-hydrogen) atoms. The molecule has 1 saturated heterocycles. The number of carbonyl (C=O) groups is 2. The predicted molar refractivity (Wildman–Crippen MR) is 149 cm³/mol. The lowest BCUT2D eigenvalue weighted by Crippen LogP contribution is -2.50. The number of piperazine rings is 1. The van der Waals surface area contributed by atoms with Crippen LogP contribution in [0, 0.1) is 6.92 Å². The number of hydrogen-bond donors (Lipinski definition) is 1. The van der Waals surface area contributed by atoms with Gasteiger partial charge in [0, 0.05) is 44.2 Å². The molecule has 0 radical (unpaired) electrons. The maximum Gasteiger partial charge on any atom is 0.410 e. The minimum Gasteiger partial charge on any atom is -0.444 e. The number of hydrogen-bond acceptors (Lipinski definition) is 6. The van der Waals surface area contributed by atoms with Crippen LogP contribution >= 0.6 is 11.6 Å². The Morgan fingerprint density at radius 3 is 2.30 bits per heavy atom. The first-order valence-electron chi connectivity index (χ1n) is 12.8. The molecule has 1 heterocycles. The van der Waals surface area contributed by atoms with Crippen molar-refractivity contribution in [2.45, 2.75) is 52.4 Å². The highest BCUT2D eigenvalue weighted by molar-refractivity contribution is 6.31. The Morgan fingerprint density at radius 2 is 1.73 bits per heavy atom. The highest BCUT2D eigenvalue weighted by atomic mass is 35.5. The van der Waals surface area contributed by atoms with Crippen LogP contribution in [0.15, 0.2) is 48.5 Å². The van der Waals surface area contributed by atoms with Gasteiger partial charge in [0.15, 0.2) is 0 Å². The Balaban J connectivity index is 0.000000510. The number of aryl methyl sites for hydroxylation is 1. The third kappa shape index (κ3) is 10.8. The monoisotopic (exact) mass is 531 g/mol. The van der Waals surface area contributed by atoms with Crippen LogP contribution in [-0.2, 0) is 16.0 Å². The molecule has 0 aliphatic carbocycles. The second-order valence-corrected chi connectivity index (χ2v) is 10.7. The van der Waals surface area contributed by atoms with E-state index >= 15 is 0 Å². The topological polar surface area (TPSA) is 73.3 Å². The molecule has 0 aromatic heterocycles. The highest BCUT2D eigenvalue weighted by Gasteiger charge is 2.25. The van der Waals surface area contributed by atoms with E-state index in [1.807, 2.05) is 88.2 Å². The van der Waals surface area contributed by atoms with Gasteiger partial charge in [-0.05, 0) is 70.5 Å². The summed E-state index contributed by atoms with van der Waals surface area (Å²) in [5, 5.41) is 11.5. The predicted octanol–water partition coefficient (Wildman–Crippen LogP) is 4.94. The lowest BCUT2D eigenvalue weighted by atomic mass is 10.0. The Kier molecular flexibility index (Phi) is 12.5. The molecular weight excluding hydrogens is 490 g/mol. The maximum atomic E-state index is 12.1. The Bertz CT molecular complexity index is 966. The number of ether oxygens (including phenoxy) is 1. The molecule has 1 aliphatic rings. The van der Waals surface area contributed by atoms with E-state index in [1.54, 1.807) is 4.90 Å². The molecule has 8 heteroatoms. The van der Waals surface area contributed by atoms with E-state index in [4.69, 9.17) is 16.3 Å². The van der Waals surface area contributed by atoms with Crippen molar-refractivity contribution in [3.05, 3.63) is 70.2 Å². The summed E-state index contributed by atoms with van der Waals surface area (Å²) in [6.45, 7) is 12.3. The summed E-state index contributed by atoms with van der Waals surface area (Å²) in [5.41, 5.74) is 2.31. The largest absolute Gasteiger partial charge is 0.444 e. The van der Waals surface area contributed by atoms with Crippen LogP contribution in [0.4, 0.5) is 4.79 Å². The second-order valence-electron chi connectivity index (χ2n) is 10.3. The summed E-state index contributed by atoms with van der Waals surface area (Å²) >= 11 is 5.71. The minimum atomic E-state index is -0.727. The van der Waals surface area contributed by atoms with E-state index in [2.05, 4.69) is 4.90 Å². The number of aliphatic hydroxyl groups excluding tert-OH is 1. The molecule has 1 atom stereocenters. The fourth-order valence-electron chi connectivity index (χ4n) is 4.00. The molecule has 1 aliphatic heterocycles. The summed E-state index contributed by atoms with van der Waals surface area (Å²) in [6.07, 6.45) is 1.12. The number of benzene rings is 2. The molecule has 2 aromatic carbocycles. The molecule has 7 nitrogen and oxygen atoms in total. The molecule has 0 bridgehead atoms. The van der Waals surface area contributed by atoms with Crippen LogP contribution < -0.4 is 0 Å². The molecule has 1 N–H and O–H groups in total. The third-order valence-corrected chi connectivity index (χ3v) is 6.56. The van der Waals surface area contributed by atoms with E-state index < -0.39 is 11.8 Å². The van der Waals surface area contributed by atoms with Crippen molar-refractivity contribution in [2.24, 2.45) is 0 Å². The van der Waals surface area contributed by atoms with Crippen LogP contribution in [-0.4, -0.2) is 84.1 Å². The fraction of sp³-hybridized carbons (Fsp3) is 0.517. The third-order valence-electron chi connectivity index (χ3n) is 6.14. The van der Waals surface area contributed by atoms with Crippen molar-refractivity contribution in [1.82, 2.24) is 14.7 Å². The van der Waals surface area contributed by atoms with Crippen LogP contribution in [0.3, 0.4) is 0 Å². The van der Waals surface area contributed by atoms with Gasteiger partial charge in [-0.15, -0.1) is 0 Å². The van der Waals surface area contributed by atoms with E-state index in [-0.39, 0.29) is 6.09 Å². The van der Waals surface area contributed by atoms with Crippen molar-refractivity contribution in [3.8, 4) is 0 Å². The highest BCUT2D eigenvalue weighted by Crippen LogP contribution is 2.21. The lowest BCUT2D eigenvalue weighted by molar-refractivity contribution is -0.107. The summed E-state index contributed by atoms with van der Waals surface area (Å²) < 4.78 is 5.43. The molecule has 0 spiro atoms. The fourth-order valence-corrected chi connectivity index (χ4v) is 4.13. The van der Waals surface area contributed by atoms with Crippen molar-refractivity contribution in [2.75, 3.05) is 46.3 Å². The summed E-state index contributed by atoms with van der Waals surface area (Å²) in [4.78, 5) is 29.0. The Hall–Kier alpha value is -2.45. The zero-order chi connectivity index (χ0) is 27.4. The zero-order valence-electron chi connectivity index (χ0n) is 22.8. The molecule has 2 aromatic rings. The van der Waals surface area contributed by atoms with Gasteiger partial charge in [0.25, 0.3) is 0 Å². The van der Waals surface area contributed by atoms with E-state index in [9.17, 15) is 14.7 Å². The average Bonchev–Trinajstić information content (AvgIpc) is 2.85. The zero-order valence-corrected chi connectivity index (χ0v) is 23.6. The number of aliphatic hydroxyl groups is 1. The smallest absolute Gasteiger partial charge is 0.410 e. The summed E-state index contributed by atoms with van der Waals surface area (Å²) in [7, 11) is 1.89. The van der Waals surface area contributed by atoms with Crippen molar-refractivity contribution >= 4 is 24.0 Å². The maximum absolute atomic E-state index is 12.1. The number of amides is 1. The second kappa shape index (κ2) is 15.1. The number of halogens is 1. The minimum absolute atomic E-state index is 0.242. The van der Waals surface area contributed by atoms with Crippen LogP contribution in [0.1, 0.15) is 50.1 Å².